The quantitative estimate of drug-likeness (QED) is 0.644. The maximum Gasteiger partial charge on any atom is -0.00264 e. The Morgan fingerprint density at radius 3 is 2.57 bits per heavy atom. The van der Waals surface area contributed by atoms with Crippen molar-refractivity contribution >= 4 is 5.57 Å². The molecule has 0 aliphatic heterocycles. The molecule has 0 heterocycles. The predicted molar refractivity (Wildman–Crippen MR) is 102 cm³/mol. The molecule has 0 aromatic heterocycles. The lowest BCUT2D eigenvalue weighted by Crippen LogP contribution is -2.13. The summed E-state index contributed by atoms with van der Waals surface area (Å²) in [7, 11) is 0. The van der Waals surface area contributed by atoms with Gasteiger partial charge in [-0.25, -0.2) is 0 Å². The van der Waals surface area contributed by atoms with E-state index in [2.05, 4.69) is 45.9 Å². The molecule has 1 aliphatic carbocycles. The van der Waals surface area contributed by atoms with Crippen LogP contribution < -0.4 is 5.73 Å². The first-order chi connectivity index (χ1) is 11.0. The van der Waals surface area contributed by atoms with E-state index in [-0.39, 0.29) is 0 Å². The Kier molecular flexibility index (Phi) is 6.74. The monoisotopic (exact) mass is 313 g/mol. The molecule has 0 amide bonds. The van der Waals surface area contributed by atoms with E-state index in [4.69, 9.17) is 5.73 Å². The molecular formula is C22H35N. The molecule has 1 aromatic carbocycles. The van der Waals surface area contributed by atoms with E-state index in [1.807, 2.05) is 0 Å². The first-order valence-electron chi connectivity index (χ1n) is 9.51. The third-order valence-corrected chi connectivity index (χ3v) is 5.71. The summed E-state index contributed by atoms with van der Waals surface area (Å²) in [5.74, 6) is 2.38. The topological polar surface area (TPSA) is 26.0 Å². The summed E-state index contributed by atoms with van der Waals surface area (Å²) in [4.78, 5) is 0. The van der Waals surface area contributed by atoms with Crippen molar-refractivity contribution in [1.29, 1.82) is 0 Å². The Labute approximate surface area is 143 Å². The Morgan fingerprint density at radius 1 is 1.22 bits per heavy atom. The van der Waals surface area contributed by atoms with Crippen LogP contribution >= 0.6 is 0 Å². The van der Waals surface area contributed by atoms with E-state index in [0.29, 0.717) is 5.92 Å². The molecule has 1 saturated carbocycles. The molecule has 0 spiro atoms. The zero-order chi connectivity index (χ0) is 16.8. The van der Waals surface area contributed by atoms with Gasteiger partial charge in [-0.2, -0.15) is 0 Å². The highest BCUT2D eigenvalue weighted by molar-refractivity contribution is 5.68. The van der Waals surface area contributed by atoms with Crippen LogP contribution in [-0.2, 0) is 0 Å². The second kappa shape index (κ2) is 8.57. The number of hydrogen-bond acceptors (Lipinski definition) is 1. The maximum absolute atomic E-state index is 5.79. The molecule has 2 atom stereocenters. The highest BCUT2D eigenvalue weighted by Gasteiger charge is 2.20. The summed E-state index contributed by atoms with van der Waals surface area (Å²) in [6.07, 6.45) is 11.7. The van der Waals surface area contributed by atoms with Crippen molar-refractivity contribution in [2.45, 2.75) is 78.6 Å². The van der Waals surface area contributed by atoms with E-state index in [0.717, 1.165) is 11.8 Å². The average Bonchev–Trinajstić information content (AvgIpc) is 2.54. The van der Waals surface area contributed by atoms with Gasteiger partial charge in [0.05, 0.1) is 0 Å². The third kappa shape index (κ3) is 4.86. The van der Waals surface area contributed by atoms with Crippen LogP contribution in [0.1, 0.15) is 88.3 Å². The fourth-order valence-corrected chi connectivity index (χ4v) is 4.58. The lowest BCUT2D eigenvalue weighted by atomic mass is 9.78. The van der Waals surface area contributed by atoms with E-state index in [9.17, 15) is 0 Å². The van der Waals surface area contributed by atoms with E-state index in [1.165, 1.54) is 67.2 Å². The molecule has 128 valence electrons. The number of nitrogens with two attached hydrogens (primary N) is 1. The predicted octanol–water partition coefficient (Wildman–Crippen LogP) is 6.41. The summed E-state index contributed by atoms with van der Waals surface area (Å²) < 4.78 is 0. The summed E-state index contributed by atoms with van der Waals surface area (Å²) in [6, 6.07) is 6.62. The molecule has 2 unspecified atom stereocenters. The number of rotatable bonds is 6. The average molecular weight is 314 g/mol. The van der Waals surface area contributed by atoms with Crippen LogP contribution in [0.25, 0.3) is 5.57 Å². The summed E-state index contributed by atoms with van der Waals surface area (Å²) in [6.45, 7) is 9.21. The summed E-state index contributed by atoms with van der Waals surface area (Å²) >= 11 is 0. The van der Waals surface area contributed by atoms with Gasteiger partial charge in [-0.3, -0.25) is 0 Å². The Balaban J connectivity index is 2.06. The first kappa shape index (κ1) is 18.1. The normalized spacial score (nSPS) is 19.6. The molecule has 1 heteroatoms. The Bertz CT molecular complexity index is 523. The van der Waals surface area contributed by atoms with Crippen LogP contribution in [0.3, 0.4) is 0 Å². The van der Waals surface area contributed by atoms with Gasteiger partial charge in [-0.05, 0) is 72.9 Å². The second-order valence-corrected chi connectivity index (χ2v) is 7.87. The van der Waals surface area contributed by atoms with Gasteiger partial charge in [0.15, 0.2) is 0 Å². The minimum Gasteiger partial charge on any atom is -0.404 e. The molecule has 2 rings (SSSR count). The molecule has 0 saturated heterocycles. The summed E-state index contributed by atoms with van der Waals surface area (Å²) in [5, 5.41) is 0. The van der Waals surface area contributed by atoms with Gasteiger partial charge in [0.2, 0.25) is 0 Å². The minimum atomic E-state index is 0.597. The van der Waals surface area contributed by atoms with E-state index in [1.54, 1.807) is 6.20 Å². The van der Waals surface area contributed by atoms with Crippen LogP contribution in [0.4, 0.5) is 0 Å². The van der Waals surface area contributed by atoms with Gasteiger partial charge in [0.25, 0.3) is 0 Å². The molecule has 1 nitrogen and oxygen atoms in total. The standard InChI is InChI=1S/C22H35N/c1-16(14-20-10-6-5-7-11-20)13-18(3)22-17(2)9-8-12-21(22)19(4)15-23/h8-9,12,15-16,18,20H,5-7,10-11,13-14,23H2,1-4H3/b19-15+. The zero-order valence-electron chi connectivity index (χ0n) is 15.6. The lowest BCUT2D eigenvalue weighted by Gasteiger charge is -2.27. The zero-order valence-corrected chi connectivity index (χ0v) is 15.6. The number of allylic oxidation sites excluding steroid dienone is 1. The van der Waals surface area contributed by atoms with Crippen molar-refractivity contribution in [1.82, 2.24) is 0 Å². The number of aryl methyl sites for hydroxylation is 1. The fourth-order valence-electron chi connectivity index (χ4n) is 4.58. The first-order valence-corrected chi connectivity index (χ1v) is 9.51. The second-order valence-electron chi connectivity index (χ2n) is 7.87. The summed E-state index contributed by atoms with van der Waals surface area (Å²) in [5.41, 5.74) is 11.2. The third-order valence-electron chi connectivity index (χ3n) is 5.71. The Morgan fingerprint density at radius 2 is 1.91 bits per heavy atom. The van der Waals surface area contributed by atoms with Gasteiger partial charge in [-0.15, -0.1) is 0 Å². The van der Waals surface area contributed by atoms with Crippen molar-refractivity contribution in [2.24, 2.45) is 17.6 Å². The van der Waals surface area contributed by atoms with Crippen LogP contribution in [-0.4, -0.2) is 0 Å². The highest BCUT2D eigenvalue weighted by atomic mass is 14.5. The van der Waals surface area contributed by atoms with Gasteiger partial charge in [0, 0.05) is 0 Å². The lowest BCUT2D eigenvalue weighted by molar-refractivity contribution is 0.283. The van der Waals surface area contributed by atoms with Gasteiger partial charge >= 0.3 is 0 Å². The van der Waals surface area contributed by atoms with Gasteiger partial charge in [0.1, 0.15) is 0 Å². The van der Waals surface area contributed by atoms with E-state index < -0.39 is 0 Å². The molecule has 1 fully saturated rings. The van der Waals surface area contributed by atoms with Crippen LogP contribution in [0.15, 0.2) is 24.4 Å². The highest BCUT2D eigenvalue weighted by Crippen LogP contribution is 2.36. The van der Waals surface area contributed by atoms with E-state index >= 15 is 0 Å². The smallest absolute Gasteiger partial charge is 0.00264 e. The number of benzene rings is 1. The van der Waals surface area contributed by atoms with Crippen LogP contribution in [0, 0.1) is 18.8 Å². The SMILES string of the molecule is C/C(=C\N)c1cccc(C)c1C(C)CC(C)CC1CCCCC1. The molecular weight excluding hydrogens is 278 g/mol. The van der Waals surface area contributed by atoms with Crippen molar-refractivity contribution in [3.05, 3.63) is 41.1 Å². The van der Waals surface area contributed by atoms with Crippen molar-refractivity contribution in [3.63, 3.8) is 0 Å². The van der Waals surface area contributed by atoms with Crippen molar-refractivity contribution in [2.75, 3.05) is 0 Å². The van der Waals surface area contributed by atoms with Crippen LogP contribution in [0.2, 0.25) is 0 Å². The maximum atomic E-state index is 5.79. The Hall–Kier alpha value is -1.24. The van der Waals surface area contributed by atoms with Gasteiger partial charge < -0.3 is 5.73 Å². The molecule has 1 aliphatic rings. The van der Waals surface area contributed by atoms with Gasteiger partial charge in [-0.1, -0.05) is 64.2 Å². The van der Waals surface area contributed by atoms with Crippen molar-refractivity contribution in [3.8, 4) is 0 Å². The molecule has 2 N–H and O–H groups in total. The number of hydrogen-bond donors (Lipinski definition) is 1. The minimum absolute atomic E-state index is 0.597. The molecule has 0 bridgehead atoms. The molecule has 1 aromatic rings. The van der Waals surface area contributed by atoms with Crippen LogP contribution in [0.5, 0.6) is 0 Å². The molecule has 0 radical (unpaired) electrons. The fraction of sp³-hybridized carbons (Fsp3) is 0.636. The molecule has 23 heavy (non-hydrogen) atoms. The van der Waals surface area contributed by atoms with Crippen molar-refractivity contribution < 1.29 is 0 Å². The largest absolute Gasteiger partial charge is 0.404 e.